The molecule has 1 aromatic carbocycles. The van der Waals surface area contributed by atoms with Gasteiger partial charge in [0, 0.05) is 57.4 Å². The van der Waals surface area contributed by atoms with Crippen molar-refractivity contribution in [1.29, 1.82) is 0 Å². The highest BCUT2D eigenvalue weighted by atomic mass is 35.5. The van der Waals surface area contributed by atoms with Gasteiger partial charge in [-0.1, -0.05) is 17.7 Å². The number of H-pyrrole nitrogens is 1. The Morgan fingerprint density at radius 1 is 1.17 bits per heavy atom. The molecule has 1 fully saturated rings. The van der Waals surface area contributed by atoms with E-state index in [2.05, 4.69) is 30.4 Å². The minimum absolute atomic E-state index is 0.00497. The number of anilines is 2. The summed E-state index contributed by atoms with van der Waals surface area (Å²) in [5.74, 6) is 0.282. The van der Waals surface area contributed by atoms with E-state index >= 15 is 0 Å². The van der Waals surface area contributed by atoms with Crippen LogP contribution < -0.4 is 5.32 Å². The van der Waals surface area contributed by atoms with Crippen LogP contribution in [0.15, 0.2) is 42.9 Å². The van der Waals surface area contributed by atoms with Crippen LogP contribution >= 0.6 is 11.6 Å². The van der Waals surface area contributed by atoms with Gasteiger partial charge in [0.05, 0.1) is 16.3 Å². The van der Waals surface area contributed by atoms with Crippen molar-refractivity contribution in [2.45, 2.75) is 6.54 Å². The van der Waals surface area contributed by atoms with Gasteiger partial charge in [0.25, 0.3) is 5.91 Å². The average Bonchev–Trinajstić information content (AvgIpc) is 3.25. The summed E-state index contributed by atoms with van der Waals surface area (Å²) in [7, 11) is 0. The SMILES string of the molecule is O=C(c1cccc(Cl)c1F)N1CCN(Cc2nccnc2Nc2cc[nH]n2)CC1. The first-order valence-corrected chi connectivity index (χ1v) is 9.52. The third kappa shape index (κ3) is 4.36. The lowest BCUT2D eigenvalue weighted by Gasteiger charge is -2.34. The fraction of sp³-hybridized carbons (Fsp3) is 0.263. The van der Waals surface area contributed by atoms with Crippen molar-refractivity contribution >= 4 is 29.1 Å². The molecule has 0 saturated carbocycles. The van der Waals surface area contributed by atoms with E-state index in [1.54, 1.807) is 35.6 Å². The van der Waals surface area contributed by atoms with Crippen LogP contribution in [0.5, 0.6) is 0 Å². The van der Waals surface area contributed by atoms with Gasteiger partial charge < -0.3 is 10.2 Å². The normalized spacial score (nSPS) is 14.8. The highest BCUT2D eigenvalue weighted by Gasteiger charge is 2.25. The van der Waals surface area contributed by atoms with Gasteiger partial charge in [-0.15, -0.1) is 0 Å². The van der Waals surface area contributed by atoms with Crippen molar-refractivity contribution in [2.24, 2.45) is 0 Å². The van der Waals surface area contributed by atoms with Gasteiger partial charge >= 0.3 is 0 Å². The maximum Gasteiger partial charge on any atom is 0.256 e. The molecule has 4 rings (SSSR count). The van der Waals surface area contributed by atoms with Gasteiger partial charge in [0.1, 0.15) is 0 Å². The number of aromatic nitrogens is 4. The fourth-order valence-electron chi connectivity index (χ4n) is 3.20. The molecule has 1 saturated heterocycles. The van der Waals surface area contributed by atoms with Crippen molar-refractivity contribution in [2.75, 3.05) is 31.5 Å². The van der Waals surface area contributed by atoms with Gasteiger partial charge in [-0.25, -0.2) is 9.37 Å². The number of nitrogens with zero attached hydrogens (tertiary/aromatic N) is 5. The molecule has 0 spiro atoms. The standard InChI is InChI=1S/C19H19ClFN7O/c20-14-3-1-2-13(17(14)21)19(29)28-10-8-27(9-11-28)12-15-18(23-7-6-22-15)25-16-4-5-24-26-16/h1-7H,8-12H2,(H2,23,24,25,26). The van der Waals surface area contributed by atoms with E-state index in [4.69, 9.17) is 11.6 Å². The van der Waals surface area contributed by atoms with Crippen LogP contribution in [0.4, 0.5) is 16.0 Å². The highest BCUT2D eigenvalue weighted by Crippen LogP contribution is 2.21. The number of piperazine rings is 1. The maximum absolute atomic E-state index is 14.2. The summed E-state index contributed by atoms with van der Waals surface area (Å²) in [6, 6.07) is 6.28. The predicted octanol–water partition coefficient (Wildman–Crippen LogP) is 2.69. The van der Waals surface area contributed by atoms with E-state index in [9.17, 15) is 9.18 Å². The van der Waals surface area contributed by atoms with Gasteiger partial charge in [-0.2, -0.15) is 5.10 Å². The Bertz CT molecular complexity index is 990. The van der Waals surface area contributed by atoms with E-state index in [1.807, 2.05) is 0 Å². The fourth-order valence-corrected chi connectivity index (χ4v) is 3.37. The van der Waals surface area contributed by atoms with E-state index in [-0.39, 0.29) is 16.5 Å². The Labute approximate surface area is 171 Å². The number of carbonyl (C=O) groups excluding carboxylic acids is 1. The molecule has 0 bridgehead atoms. The second-order valence-corrected chi connectivity index (χ2v) is 7.01. The molecule has 1 aliphatic rings. The molecule has 0 radical (unpaired) electrons. The quantitative estimate of drug-likeness (QED) is 0.666. The maximum atomic E-state index is 14.2. The first-order valence-electron chi connectivity index (χ1n) is 9.14. The number of rotatable bonds is 5. The molecule has 3 heterocycles. The second-order valence-electron chi connectivity index (χ2n) is 6.61. The third-order valence-corrected chi connectivity index (χ3v) is 5.03. The number of halogens is 2. The van der Waals surface area contributed by atoms with Gasteiger partial charge in [0.2, 0.25) is 0 Å². The largest absolute Gasteiger partial charge is 0.336 e. The summed E-state index contributed by atoms with van der Waals surface area (Å²) in [5.41, 5.74) is 0.793. The highest BCUT2D eigenvalue weighted by molar-refractivity contribution is 6.31. The molecule has 150 valence electrons. The lowest BCUT2D eigenvalue weighted by molar-refractivity contribution is 0.0622. The van der Waals surface area contributed by atoms with E-state index < -0.39 is 5.82 Å². The Balaban J connectivity index is 1.38. The van der Waals surface area contributed by atoms with Crippen molar-refractivity contribution in [3.05, 3.63) is 65.0 Å². The Kier molecular flexibility index (Phi) is 5.68. The first-order chi connectivity index (χ1) is 14.1. The smallest absolute Gasteiger partial charge is 0.256 e. The van der Waals surface area contributed by atoms with Crippen LogP contribution in [-0.4, -0.2) is 62.1 Å². The topological polar surface area (TPSA) is 90.0 Å². The Morgan fingerprint density at radius 2 is 1.97 bits per heavy atom. The van der Waals surface area contributed by atoms with Crippen molar-refractivity contribution in [1.82, 2.24) is 30.0 Å². The molecule has 3 aromatic rings. The summed E-state index contributed by atoms with van der Waals surface area (Å²) in [6.07, 6.45) is 4.98. The van der Waals surface area contributed by atoms with E-state index in [0.717, 1.165) is 5.69 Å². The van der Waals surface area contributed by atoms with Crippen molar-refractivity contribution < 1.29 is 9.18 Å². The molecule has 1 amide bonds. The van der Waals surface area contributed by atoms with E-state index in [0.29, 0.717) is 44.4 Å². The van der Waals surface area contributed by atoms with E-state index in [1.165, 1.54) is 12.1 Å². The lowest BCUT2D eigenvalue weighted by Crippen LogP contribution is -2.48. The Hall–Kier alpha value is -3.04. The lowest BCUT2D eigenvalue weighted by atomic mass is 10.1. The van der Waals surface area contributed by atoms with Gasteiger partial charge in [-0.05, 0) is 12.1 Å². The van der Waals surface area contributed by atoms with Crippen LogP contribution in [0.1, 0.15) is 16.1 Å². The molecule has 8 nitrogen and oxygen atoms in total. The number of carbonyl (C=O) groups is 1. The second kappa shape index (κ2) is 8.54. The monoisotopic (exact) mass is 415 g/mol. The average molecular weight is 416 g/mol. The molecule has 0 unspecified atom stereocenters. The minimum Gasteiger partial charge on any atom is -0.336 e. The molecule has 2 N–H and O–H groups in total. The summed E-state index contributed by atoms with van der Waals surface area (Å²) in [5, 5.41) is 9.91. The number of hydrogen-bond donors (Lipinski definition) is 2. The number of nitrogens with one attached hydrogen (secondary N) is 2. The molecular weight excluding hydrogens is 397 g/mol. The molecule has 1 aliphatic heterocycles. The summed E-state index contributed by atoms with van der Waals surface area (Å²) >= 11 is 5.80. The molecule has 0 atom stereocenters. The van der Waals surface area contributed by atoms with Crippen LogP contribution in [0.25, 0.3) is 0 Å². The minimum atomic E-state index is -0.671. The number of amides is 1. The van der Waals surface area contributed by atoms with Gasteiger partial charge in [0.15, 0.2) is 17.5 Å². The summed E-state index contributed by atoms with van der Waals surface area (Å²) in [4.78, 5) is 25.2. The van der Waals surface area contributed by atoms with Crippen molar-refractivity contribution in [3.8, 4) is 0 Å². The third-order valence-electron chi connectivity index (χ3n) is 4.74. The summed E-state index contributed by atoms with van der Waals surface area (Å²) in [6.45, 7) is 2.85. The number of benzene rings is 1. The summed E-state index contributed by atoms with van der Waals surface area (Å²) < 4.78 is 14.2. The van der Waals surface area contributed by atoms with Crippen LogP contribution in [0, 0.1) is 5.82 Å². The van der Waals surface area contributed by atoms with Crippen LogP contribution in [0.2, 0.25) is 5.02 Å². The predicted molar refractivity (Wildman–Crippen MR) is 106 cm³/mol. The zero-order chi connectivity index (χ0) is 20.2. The molecule has 29 heavy (non-hydrogen) atoms. The Morgan fingerprint density at radius 3 is 2.72 bits per heavy atom. The number of aromatic amines is 1. The zero-order valence-corrected chi connectivity index (χ0v) is 16.2. The van der Waals surface area contributed by atoms with Crippen LogP contribution in [-0.2, 0) is 6.54 Å². The van der Waals surface area contributed by atoms with Gasteiger partial charge in [-0.3, -0.25) is 19.8 Å². The zero-order valence-electron chi connectivity index (χ0n) is 15.5. The first kappa shape index (κ1) is 19.3. The molecule has 10 heteroatoms. The molecular formula is C19H19ClFN7O. The number of hydrogen-bond acceptors (Lipinski definition) is 6. The van der Waals surface area contributed by atoms with Crippen molar-refractivity contribution in [3.63, 3.8) is 0 Å². The molecule has 2 aromatic heterocycles. The molecule has 0 aliphatic carbocycles. The van der Waals surface area contributed by atoms with Crippen LogP contribution in [0.3, 0.4) is 0 Å².